The lowest BCUT2D eigenvalue weighted by atomic mass is 9.86. The summed E-state index contributed by atoms with van der Waals surface area (Å²) >= 11 is 0. The van der Waals surface area contributed by atoms with E-state index < -0.39 is 5.97 Å². The number of carbonyl (C=O) groups is 2. The molecule has 3 aromatic carbocycles. The third-order valence-electron chi connectivity index (χ3n) is 8.14. The van der Waals surface area contributed by atoms with Gasteiger partial charge in [-0.05, 0) is 98.2 Å². The van der Waals surface area contributed by atoms with Crippen LogP contribution in [0.4, 0.5) is 0 Å². The van der Waals surface area contributed by atoms with Gasteiger partial charge in [0, 0.05) is 18.5 Å². The fourth-order valence-electron chi connectivity index (χ4n) is 5.79. The summed E-state index contributed by atoms with van der Waals surface area (Å²) in [5.74, 6) is 0.775. The van der Waals surface area contributed by atoms with Crippen LogP contribution in [0, 0.1) is 0 Å². The van der Waals surface area contributed by atoms with E-state index in [-0.39, 0.29) is 29.9 Å². The van der Waals surface area contributed by atoms with Crippen LogP contribution < -0.4 is 4.74 Å². The highest BCUT2D eigenvalue weighted by Gasteiger charge is 2.32. The second-order valence-corrected chi connectivity index (χ2v) is 13.1. The zero-order valence-corrected chi connectivity index (χ0v) is 27.2. The number of hydrogen-bond acceptors (Lipinski definition) is 4. The minimum absolute atomic E-state index is 0.0353. The van der Waals surface area contributed by atoms with Crippen LogP contribution in [0.2, 0.25) is 0 Å². The first kappa shape index (κ1) is 33.0. The molecule has 0 saturated heterocycles. The lowest BCUT2D eigenvalue weighted by molar-refractivity contribution is -0.136. The second-order valence-electron chi connectivity index (χ2n) is 13.1. The SMILES string of the molecule is CCN1C(=O)C(CCCc2ccc(C(C)(C)C)cc2)N=C1CCCc1cccc(-c2ccc(OC(C)C)c(CC(=O)O)c2)c1. The maximum absolute atomic E-state index is 13.1. The van der Waals surface area contributed by atoms with Gasteiger partial charge in [-0.15, -0.1) is 0 Å². The number of aliphatic carboxylic acids is 1. The summed E-state index contributed by atoms with van der Waals surface area (Å²) in [7, 11) is 0. The first-order valence-electron chi connectivity index (χ1n) is 16.0. The summed E-state index contributed by atoms with van der Waals surface area (Å²) in [5, 5.41) is 9.42. The van der Waals surface area contributed by atoms with Gasteiger partial charge in [-0.25, -0.2) is 0 Å². The first-order valence-corrected chi connectivity index (χ1v) is 16.0. The number of aliphatic imine (C=N–C) groups is 1. The van der Waals surface area contributed by atoms with Gasteiger partial charge in [0.25, 0.3) is 5.91 Å². The van der Waals surface area contributed by atoms with Crippen LogP contribution in [0.15, 0.2) is 71.7 Å². The number of amides is 1. The minimum Gasteiger partial charge on any atom is -0.491 e. The molecule has 6 nitrogen and oxygen atoms in total. The standard InChI is InChI=1S/C38H48N2O4/c1-7-40-35(39-33(37(40)43)15-9-11-27-17-20-32(21-18-27)38(4,5)6)16-10-13-28-12-8-14-29(23-28)30-19-22-34(44-26(2)3)31(24-30)25-36(41)42/h8,12,14,17-24,26,33H,7,9-11,13,15-16,25H2,1-6H3,(H,41,42). The lowest BCUT2D eigenvalue weighted by Gasteiger charge is -2.19. The fourth-order valence-corrected chi connectivity index (χ4v) is 5.79. The Morgan fingerprint density at radius 1 is 0.932 bits per heavy atom. The third-order valence-corrected chi connectivity index (χ3v) is 8.14. The minimum atomic E-state index is -0.882. The van der Waals surface area contributed by atoms with Crippen molar-refractivity contribution in [2.45, 2.75) is 104 Å². The van der Waals surface area contributed by atoms with Gasteiger partial charge < -0.3 is 9.84 Å². The van der Waals surface area contributed by atoms with Crippen LogP contribution >= 0.6 is 0 Å². The first-order chi connectivity index (χ1) is 20.9. The van der Waals surface area contributed by atoms with E-state index in [1.54, 1.807) is 0 Å². The van der Waals surface area contributed by atoms with E-state index >= 15 is 0 Å². The summed E-state index contributed by atoms with van der Waals surface area (Å²) in [6, 6.07) is 22.7. The molecule has 3 aromatic rings. The number of benzene rings is 3. The molecule has 0 aliphatic carbocycles. The summed E-state index contributed by atoms with van der Waals surface area (Å²) in [5.41, 5.74) is 6.67. The molecule has 4 rings (SSSR count). The molecule has 0 spiro atoms. The number of aryl methyl sites for hydroxylation is 2. The monoisotopic (exact) mass is 596 g/mol. The van der Waals surface area contributed by atoms with Crippen LogP contribution in [-0.4, -0.2) is 46.4 Å². The van der Waals surface area contributed by atoms with Crippen molar-refractivity contribution < 1.29 is 19.4 Å². The van der Waals surface area contributed by atoms with Crippen LogP contribution in [-0.2, 0) is 34.3 Å². The molecule has 1 aliphatic rings. The summed E-state index contributed by atoms with van der Waals surface area (Å²) in [6.07, 6.45) is 5.06. The molecule has 1 amide bonds. The molecular formula is C38H48N2O4. The maximum Gasteiger partial charge on any atom is 0.307 e. The molecular weight excluding hydrogens is 548 g/mol. The van der Waals surface area contributed by atoms with Gasteiger partial charge in [0.2, 0.25) is 0 Å². The molecule has 1 N–H and O–H groups in total. The fraction of sp³-hybridized carbons (Fsp3) is 0.447. The quantitative estimate of drug-likeness (QED) is 0.204. The van der Waals surface area contributed by atoms with E-state index in [4.69, 9.17) is 9.73 Å². The predicted octanol–water partition coefficient (Wildman–Crippen LogP) is 8.04. The summed E-state index contributed by atoms with van der Waals surface area (Å²) < 4.78 is 5.85. The Hall–Kier alpha value is -3.93. The highest BCUT2D eigenvalue weighted by molar-refractivity contribution is 6.05. The van der Waals surface area contributed by atoms with Crippen molar-refractivity contribution >= 4 is 17.7 Å². The van der Waals surface area contributed by atoms with Gasteiger partial charge >= 0.3 is 5.97 Å². The number of carbonyl (C=O) groups excluding carboxylic acids is 1. The van der Waals surface area contributed by atoms with Crippen LogP contribution in [0.1, 0.15) is 89.5 Å². The molecule has 234 valence electrons. The van der Waals surface area contributed by atoms with E-state index in [0.717, 1.165) is 55.5 Å². The van der Waals surface area contributed by atoms with E-state index in [9.17, 15) is 14.7 Å². The Kier molecular flexibility index (Phi) is 11.0. The predicted molar refractivity (Wildman–Crippen MR) is 179 cm³/mol. The zero-order valence-electron chi connectivity index (χ0n) is 27.2. The van der Waals surface area contributed by atoms with Crippen molar-refractivity contribution in [1.29, 1.82) is 0 Å². The van der Waals surface area contributed by atoms with Gasteiger partial charge in [-0.3, -0.25) is 19.5 Å². The van der Waals surface area contributed by atoms with Gasteiger partial charge in [0.05, 0.1) is 12.5 Å². The number of rotatable bonds is 14. The van der Waals surface area contributed by atoms with Crippen molar-refractivity contribution in [3.8, 4) is 16.9 Å². The number of hydrogen-bond donors (Lipinski definition) is 1. The van der Waals surface area contributed by atoms with Gasteiger partial charge in [0.1, 0.15) is 17.6 Å². The molecule has 0 radical (unpaired) electrons. The van der Waals surface area contributed by atoms with Gasteiger partial charge in [-0.2, -0.15) is 0 Å². The van der Waals surface area contributed by atoms with Crippen LogP contribution in [0.5, 0.6) is 5.75 Å². The molecule has 6 heteroatoms. The highest BCUT2D eigenvalue weighted by Crippen LogP contribution is 2.29. The van der Waals surface area contributed by atoms with Crippen molar-refractivity contribution in [2.24, 2.45) is 4.99 Å². The second kappa shape index (κ2) is 14.7. The largest absolute Gasteiger partial charge is 0.491 e. The number of amidine groups is 1. The molecule has 44 heavy (non-hydrogen) atoms. The number of likely N-dealkylation sites (N-methyl/N-ethyl adjacent to an activating group) is 1. The van der Waals surface area contributed by atoms with E-state index in [2.05, 4.69) is 63.2 Å². The number of nitrogens with zero attached hydrogens (tertiary/aromatic N) is 2. The van der Waals surface area contributed by atoms with E-state index in [1.807, 2.05) is 49.9 Å². The molecule has 0 bridgehead atoms. The summed E-state index contributed by atoms with van der Waals surface area (Å²) in [4.78, 5) is 31.4. The molecule has 0 saturated carbocycles. The normalized spacial score (nSPS) is 15.2. The molecule has 1 aliphatic heterocycles. The topological polar surface area (TPSA) is 79.2 Å². The van der Waals surface area contributed by atoms with E-state index in [1.165, 1.54) is 16.7 Å². The smallest absolute Gasteiger partial charge is 0.307 e. The average molecular weight is 597 g/mol. The van der Waals surface area contributed by atoms with Crippen LogP contribution in [0.3, 0.4) is 0 Å². The van der Waals surface area contributed by atoms with Gasteiger partial charge in [-0.1, -0.05) is 75.4 Å². The zero-order chi connectivity index (χ0) is 31.9. The maximum atomic E-state index is 13.1. The molecule has 1 heterocycles. The van der Waals surface area contributed by atoms with Crippen molar-refractivity contribution in [3.05, 3.63) is 89.0 Å². The van der Waals surface area contributed by atoms with Crippen LogP contribution in [0.25, 0.3) is 11.1 Å². The van der Waals surface area contributed by atoms with Crippen molar-refractivity contribution in [3.63, 3.8) is 0 Å². The molecule has 1 unspecified atom stereocenters. The number of ether oxygens (including phenoxy) is 1. The van der Waals surface area contributed by atoms with Crippen molar-refractivity contribution in [1.82, 2.24) is 4.90 Å². The summed E-state index contributed by atoms with van der Waals surface area (Å²) in [6.45, 7) is 13.2. The van der Waals surface area contributed by atoms with Crippen molar-refractivity contribution in [2.75, 3.05) is 6.54 Å². The number of carboxylic acid groups (broad SMARTS) is 1. The Morgan fingerprint density at radius 2 is 1.64 bits per heavy atom. The Morgan fingerprint density at radius 3 is 2.30 bits per heavy atom. The molecule has 1 atom stereocenters. The molecule has 0 aromatic heterocycles. The Balaban J connectivity index is 1.35. The number of carboxylic acids is 1. The average Bonchev–Trinajstić information content (AvgIpc) is 3.27. The third kappa shape index (κ3) is 8.81. The highest BCUT2D eigenvalue weighted by atomic mass is 16.5. The van der Waals surface area contributed by atoms with Gasteiger partial charge in [0.15, 0.2) is 0 Å². The lowest BCUT2D eigenvalue weighted by Crippen LogP contribution is -2.35. The Bertz CT molecular complexity index is 1470. The Labute approximate surface area is 263 Å². The molecule has 0 fully saturated rings. The van der Waals surface area contributed by atoms with E-state index in [0.29, 0.717) is 17.9 Å².